The molecule has 0 aliphatic heterocycles. The summed E-state index contributed by atoms with van der Waals surface area (Å²) in [5, 5.41) is 0. The predicted molar refractivity (Wildman–Crippen MR) is 46.6 cm³/mol. The Morgan fingerprint density at radius 2 is 2.30 bits per heavy atom. The van der Waals surface area contributed by atoms with Crippen molar-refractivity contribution < 1.29 is 0 Å². The number of hydrogen-bond donors (Lipinski definition) is 1. The van der Waals surface area contributed by atoms with Gasteiger partial charge in [0.25, 0.3) is 0 Å². The predicted octanol–water partition coefficient (Wildman–Crippen LogP) is 2.03. The molecule has 2 N–H and O–H groups in total. The van der Waals surface area contributed by atoms with E-state index >= 15 is 0 Å². The summed E-state index contributed by atoms with van der Waals surface area (Å²) >= 11 is 3.17. The molecule has 0 spiro atoms. The van der Waals surface area contributed by atoms with Crippen LogP contribution in [0.4, 0.5) is 5.82 Å². The Labute approximate surface area is 67.9 Å². The van der Waals surface area contributed by atoms with Crippen molar-refractivity contribution in [2.75, 3.05) is 5.73 Å². The zero-order valence-electron chi connectivity index (χ0n) is 5.29. The van der Waals surface area contributed by atoms with Gasteiger partial charge in [0.05, 0.1) is 0 Å². The van der Waals surface area contributed by atoms with Crippen molar-refractivity contribution in [2.24, 2.45) is 0 Å². The maximum atomic E-state index is 5.38. The molecule has 0 aromatic carbocycles. The number of halogens is 1. The van der Waals surface area contributed by atoms with Crippen LogP contribution in [0.3, 0.4) is 0 Å². The van der Waals surface area contributed by atoms with Crippen LogP contribution in [0.1, 0.15) is 5.56 Å². The minimum absolute atomic E-state index is 0.548. The van der Waals surface area contributed by atoms with Crippen LogP contribution in [0, 0.1) is 0 Å². The fourth-order valence-electron chi connectivity index (χ4n) is 0.588. The van der Waals surface area contributed by atoms with Crippen molar-refractivity contribution in [2.45, 2.75) is 0 Å². The minimum atomic E-state index is 0.548. The summed E-state index contributed by atoms with van der Waals surface area (Å²) in [6, 6.07) is 3.67. The summed E-state index contributed by atoms with van der Waals surface area (Å²) in [6.07, 6.45) is 3.61. The van der Waals surface area contributed by atoms with Gasteiger partial charge in [-0.1, -0.05) is 15.9 Å². The summed E-state index contributed by atoms with van der Waals surface area (Å²) in [4.78, 5) is 5.68. The van der Waals surface area contributed by atoms with Crippen LogP contribution in [0.2, 0.25) is 0 Å². The van der Waals surface area contributed by atoms with Crippen molar-refractivity contribution in [3.05, 3.63) is 28.9 Å². The quantitative estimate of drug-likeness (QED) is 0.751. The number of pyridine rings is 1. The lowest BCUT2D eigenvalue weighted by Crippen LogP contribution is -1.87. The summed E-state index contributed by atoms with van der Waals surface area (Å²) in [5.74, 6) is 0.548. The molecular weight excluding hydrogens is 192 g/mol. The molecular formula is C7H7BrN2. The number of nitrogens with zero attached hydrogens (tertiary/aromatic N) is 1. The monoisotopic (exact) mass is 198 g/mol. The van der Waals surface area contributed by atoms with Crippen LogP contribution in [-0.4, -0.2) is 4.98 Å². The number of aromatic nitrogens is 1. The second-order valence-corrected chi connectivity index (χ2v) is 2.34. The molecule has 0 bridgehead atoms. The summed E-state index contributed by atoms with van der Waals surface area (Å²) in [7, 11) is 0. The van der Waals surface area contributed by atoms with Gasteiger partial charge in [-0.25, -0.2) is 4.98 Å². The van der Waals surface area contributed by atoms with E-state index in [0.29, 0.717) is 5.82 Å². The Balaban J connectivity index is 2.89. The first-order valence-electron chi connectivity index (χ1n) is 2.81. The molecule has 2 nitrogen and oxygen atoms in total. The lowest BCUT2D eigenvalue weighted by Gasteiger charge is -1.91. The number of nitrogens with two attached hydrogens (primary N) is 1. The van der Waals surface area contributed by atoms with Gasteiger partial charge in [0, 0.05) is 6.20 Å². The van der Waals surface area contributed by atoms with E-state index in [1.807, 2.05) is 12.1 Å². The van der Waals surface area contributed by atoms with Crippen LogP contribution in [0.5, 0.6) is 0 Å². The first-order valence-corrected chi connectivity index (χ1v) is 3.73. The number of anilines is 1. The number of hydrogen-bond acceptors (Lipinski definition) is 2. The van der Waals surface area contributed by atoms with Gasteiger partial charge < -0.3 is 5.73 Å². The van der Waals surface area contributed by atoms with E-state index in [4.69, 9.17) is 5.73 Å². The molecule has 1 heterocycles. The molecule has 1 aromatic rings. The molecule has 0 aliphatic carbocycles. The normalized spacial score (nSPS) is 10.5. The van der Waals surface area contributed by atoms with E-state index in [2.05, 4.69) is 20.9 Å². The minimum Gasteiger partial charge on any atom is -0.384 e. The third-order valence-electron chi connectivity index (χ3n) is 1.06. The average molecular weight is 199 g/mol. The van der Waals surface area contributed by atoms with E-state index in [-0.39, 0.29) is 0 Å². The van der Waals surface area contributed by atoms with Gasteiger partial charge in [0.1, 0.15) is 5.82 Å². The van der Waals surface area contributed by atoms with Gasteiger partial charge in [-0.3, -0.25) is 0 Å². The highest BCUT2D eigenvalue weighted by Gasteiger charge is 1.85. The molecule has 0 atom stereocenters. The second-order valence-electron chi connectivity index (χ2n) is 1.81. The highest BCUT2D eigenvalue weighted by Crippen LogP contribution is 2.03. The SMILES string of the molecule is Nc1ccc(C=CBr)cn1. The molecule has 10 heavy (non-hydrogen) atoms. The summed E-state index contributed by atoms with van der Waals surface area (Å²) in [6.45, 7) is 0. The van der Waals surface area contributed by atoms with Crippen molar-refractivity contribution in [3.8, 4) is 0 Å². The Morgan fingerprint density at radius 3 is 2.80 bits per heavy atom. The fourth-order valence-corrected chi connectivity index (χ4v) is 0.893. The Kier molecular flexibility index (Phi) is 2.45. The molecule has 0 amide bonds. The first-order chi connectivity index (χ1) is 4.83. The van der Waals surface area contributed by atoms with Gasteiger partial charge in [0.2, 0.25) is 0 Å². The van der Waals surface area contributed by atoms with Crippen LogP contribution in [-0.2, 0) is 0 Å². The second kappa shape index (κ2) is 3.37. The Hall–Kier alpha value is -0.830. The Bertz CT molecular complexity index is 228. The highest BCUT2D eigenvalue weighted by atomic mass is 79.9. The molecule has 0 fully saturated rings. The maximum absolute atomic E-state index is 5.38. The van der Waals surface area contributed by atoms with E-state index in [9.17, 15) is 0 Å². The Morgan fingerprint density at radius 1 is 1.50 bits per heavy atom. The van der Waals surface area contributed by atoms with Gasteiger partial charge >= 0.3 is 0 Å². The zero-order chi connectivity index (χ0) is 7.40. The topological polar surface area (TPSA) is 38.9 Å². The fraction of sp³-hybridized carbons (Fsp3) is 0. The summed E-state index contributed by atoms with van der Waals surface area (Å²) < 4.78 is 0. The van der Waals surface area contributed by atoms with Gasteiger partial charge in [-0.15, -0.1) is 0 Å². The molecule has 0 saturated carbocycles. The largest absolute Gasteiger partial charge is 0.384 e. The molecule has 1 aromatic heterocycles. The van der Waals surface area contributed by atoms with Crippen molar-refractivity contribution >= 4 is 27.8 Å². The van der Waals surface area contributed by atoms with Crippen LogP contribution in [0.15, 0.2) is 23.3 Å². The van der Waals surface area contributed by atoms with E-state index in [0.717, 1.165) is 5.56 Å². The molecule has 52 valence electrons. The van der Waals surface area contributed by atoms with Gasteiger partial charge in [-0.2, -0.15) is 0 Å². The van der Waals surface area contributed by atoms with Gasteiger partial charge in [0.15, 0.2) is 0 Å². The van der Waals surface area contributed by atoms with E-state index < -0.39 is 0 Å². The van der Waals surface area contributed by atoms with Crippen LogP contribution >= 0.6 is 15.9 Å². The third-order valence-corrected chi connectivity index (χ3v) is 1.33. The zero-order valence-corrected chi connectivity index (χ0v) is 6.88. The van der Waals surface area contributed by atoms with Crippen molar-refractivity contribution in [1.82, 2.24) is 4.98 Å². The molecule has 0 radical (unpaired) electrons. The van der Waals surface area contributed by atoms with Crippen molar-refractivity contribution in [3.63, 3.8) is 0 Å². The molecule has 1 rings (SSSR count). The first kappa shape index (κ1) is 7.28. The van der Waals surface area contributed by atoms with E-state index in [1.54, 1.807) is 17.2 Å². The van der Waals surface area contributed by atoms with Crippen LogP contribution < -0.4 is 5.73 Å². The molecule has 3 heteroatoms. The van der Waals surface area contributed by atoms with Crippen LogP contribution in [0.25, 0.3) is 6.08 Å². The average Bonchev–Trinajstić information content (AvgIpc) is 1.95. The smallest absolute Gasteiger partial charge is 0.123 e. The molecule has 0 unspecified atom stereocenters. The standard InChI is InChI=1S/C7H7BrN2/c8-4-3-6-1-2-7(9)10-5-6/h1-5H,(H2,9,10). The molecule has 0 saturated heterocycles. The third kappa shape index (κ3) is 1.84. The number of nitrogen functional groups attached to an aromatic ring is 1. The summed E-state index contributed by atoms with van der Waals surface area (Å²) in [5.41, 5.74) is 6.41. The van der Waals surface area contributed by atoms with Crippen molar-refractivity contribution in [1.29, 1.82) is 0 Å². The highest BCUT2D eigenvalue weighted by molar-refractivity contribution is 9.11. The van der Waals surface area contributed by atoms with E-state index in [1.165, 1.54) is 0 Å². The maximum Gasteiger partial charge on any atom is 0.123 e. The molecule has 0 aliphatic rings. The lowest BCUT2D eigenvalue weighted by molar-refractivity contribution is 1.33. The van der Waals surface area contributed by atoms with Gasteiger partial charge in [-0.05, 0) is 28.8 Å². The number of rotatable bonds is 1. The lowest BCUT2D eigenvalue weighted by atomic mass is 10.3.